The topological polar surface area (TPSA) is 44.4 Å². The Bertz CT molecular complexity index is 745. The number of rotatable bonds is 6. The second-order valence-corrected chi connectivity index (χ2v) is 7.72. The Balaban J connectivity index is 1.39. The molecule has 0 bridgehead atoms. The number of benzene rings is 2. The fraction of sp³-hybridized carbons (Fsp3) is 0.381. The minimum Gasteiger partial charge on any atom is -0.338 e. The van der Waals surface area contributed by atoms with Gasteiger partial charge in [0.25, 0.3) is 0 Å². The Morgan fingerprint density at radius 2 is 1.85 bits per heavy atom. The van der Waals surface area contributed by atoms with Gasteiger partial charge in [0.2, 0.25) is 0 Å². The highest BCUT2D eigenvalue weighted by Crippen LogP contribution is 2.24. The molecule has 0 spiro atoms. The molecular weight excluding hydrogens is 361 g/mol. The number of amides is 2. The first-order chi connectivity index (χ1) is 13.1. The summed E-state index contributed by atoms with van der Waals surface area (Å²) in [4.78, 5) is 15.8. The number of hydrogen-bond acceptors (Lipinski definition) is 3. The summed E-state index contributed by atoms with van der Waals surface area (Å²) in [5, 5.41) is 5.67. The van der Waals surface area contributed by atoms with Crippen molar-refractivity contribution in [2.45, 2.75) is 24.3 Å². The van der Waals surface area contributed by atoms with Crippen LogP contribution >= 0.6 is 11.8 Å². The van der Waals surface area contributed by atoms with Crippen LogP contribution in [0.15, 0.2) is 53.4 Å². The fourth-order valence-corrected chi connectivity index (χ4v) is 3.98. The van der Waals surface area contributed by atoms with Gasteiger partial charge in [0.1, 0.15) is 5.82 Å². The van der Waals surface area contributed by atoms with Crippen LogP contribution in [0.3, 0.4) is 0 Å². The second-order valence-electron chi connectivity index (χ2n) is 6.87. The number of anilines is 1. The first kappa shape index (κ1) is 19.7. The average Bonchev–Trinajstić information content (AvgIpc) is 2.70. The summed E-state index contributed by atoms with van der Waals surface area (Å²) in [6, 6.07) is 14.1. The third-order valence-electron chi connectivity index (χ3n) is 4.95. The Kier molecular flexibility index (Phi) is 7.12. The molecule has 1 aliphatic rings. The molecule has 2 aromatic rings. The molecule has 1 fully saturated rings. The smallest absolute Gasteiger partial charge is 0.319 e. The molecule has 2 N–H and O–H groups in total. The number of nitrogens with zero attached hydrogens (tertiary/aromatic N) is 1. The van der Waals surface area contributed by atoms with E-state index < -0.39 is 0 Å². The van der Waals surface area contributed by atoms with Crippen molar-refractivity contribution in [3.05, 3.63) is 59.9 Å². The van der Waals surface area contributed by atoms with Gasteiger partial charge in [-0.15, -0.1) is 11.8 Å². The largest absolute Gasteiger partial charge is 0.338 e. The molecule has 0 aromatic heterocycles. The molecule has 2 amide bonds. The number of halogens is 1. The molecule has 6 heteroatoms. The van der Waals surface area contributed by atoms with Crippen LogP contribution in [0.25, 0.3) is 0 Å². The van der Waals surface area contributed by atoms with Crippen LogP contribution in [0, 0.1) is 11.7 Å². The van der Waals surface area contributed by atoms with Gasteiger partial charge in [-0.25, -0.2) is 9.18 Å². The number of thioether (sulfide) groups is 1. The molecule has 144 valence electrons. The number of hydrogen-bond donors (Lipinski definition) is 2. The van der Waals surface area contributed by atoms with Crippen molar-refractivity contribution < 1.29 is 9.18 Å². The summed E-state index contributed by atoms with van der Waals surface area (Å²) < 4.78 is 12.9. The predicted octanol–water partition coefficient (Wildman–Crippen LogP) is 4.58. The maximum absolute atomic E-state index is 12.9. The summed E-state index contributed by atoms with van der Waals surface area (Å²) in [6.07, 6.45) is 4.28. The number of piperidine rings is 1. The molecule has 0 aliphatic carbocycles. The molecular formula is C21H26FN3OS. The summed E-state index contributed by atoms with van der Waals surface area (Å²) in [7, 11) is 0. The highest BCUT2D eigenvalue weighted by atomic mass is 32.2. The minimum atomic E-state index is -0.312. The zero-order valence-electron chi connectivity index (χ0n) is 15.6. The van der Waals surface area contributed by atoms with Gasteiger partial charge in [-0.3, -0.25) is 4.90 Å². The Morgan fingerprint density at radius 3 is 2.56 bits per heavy atom. The van der Waals surface area contributed by atoms with Gasteiger partial charge in [-0.05, 0) is 74.0 Å². The van der Waals surface area contributed by atoms with E-state index in [0.717, 1.165) is 32.5 Å². The molecule has 4 nitrogen and oxygen atoms in total. The molecule has 2 aromatic carbocycles. The van der Waals surface area contributed by atoms with Gasteiger partial charge in [0, 0.05) is 23.7 Å². The van der Waals surface area contributed by atoms with E-state index in [1.807, 2.05) is 0 Å². The molecule has 27 heavy (non-hydrogen) atoms. The molecule has 1 aliphatic heterocycles. The van der Waals surface area contributed by atoms with Crippen molar-refractivity contribution in [3.8, 4) is 0 Å². The maximum atomic E-state index is 12.9. The third kappa shape index (κ3) is 5.97. The highest BCUT2D eigenvalue weighted by molar-refractivity contribution is 7.98. The van der Waals surface area contributed by atoms with E-state index >= 15 is 0 Å². The molecule has 1 saturated heterocycles. The Hall–Kier alpha value is -2.05. The van der Waals surface area contributed by atoms with Gasteiger partial charge >= 0.3 is 6.03 Å². The summed E-state index contributed by atoms with van der Waals surface area (Å²) >= 11 is 1.80. The summed E-state index contributed by atoms with van der Waals surface area (Å²) in [6.45, 7) is 3.76. The van der Waals surface area contributed by atoms with Crippen molar-refractivity contribution in [1.82, 2.24) is 10.2 Å². The molecule has 0 unspecified atom stereocenters. The van der Waals surface area contributed by atoms with Gasteiger partial charge in [0.05, 0.1) is 0 Å². The number of likely N-dealkylation sites (tertiary alicyclic amines) is 1. The number of carbonyl (C=O) groups is 1. The fourth-order valence-electron chi connectivity index (χ4n) is 3.37. The van der Waals surface area contributed by atoms with E-state index in [9.17, 15) is 9.18 Å². The summed E-state index contributed by atoms with van der Waals surface area (Å²) in [5.74, 6) is 0.184. The van der Waals surface area contributed by atoms with E-state index in [1.54, 1.807) is 23.9 Å². The van der Waals surface area contributed by atoms with Crippen LogP contribution in [0.4, 0.5) is 14.9 Å². The molecule has 0 atom stereocenters. The lowest BCUT2D eigenvalue weighted by atomic mass is 9.96. The number of urea groups is 1. The van der Waals surface area contributed by atoms with Crippen LogP contribution in [-0.2, 0) is 6.54 Å². The van der Waals surface area contributed by atoms with Gasteiger partial charge in [-0.1, -0.05) is 18.2 Å². The zero-order chi connectivity index (χ0) is 19.1. The first-order valence-corrected chi connectivity index (χ1v) is 10.5. The lowest BCUT2D eigenvalue weighted by molar-refractivity contribution is 0.175. The third-order valence-corrected chi connectivity index (χ3v) is 5.79. The summed E-state index contributed by atoms with van der Waals surface area (Å²) in [5.41, 5.74) is 1.98. The normalized spacial score (nSPS) is 15.5. The predicted molar refractivity (Wildman–Crippen MR) is 110 cm³/mol. The van der Waals surface area contributed by atoms with Crippen LogP contribution in [0.1, 0.15) is 18.4 Å². The molecule has 0 radical (unpaired) electrons. The van der Waals surface area contributed by atoms with Gasteiger partial charge in [0.15, 0.2) is 0 Å². The lowest BCUT2D eigenvalue weighted by Crippen LogP contribution is -2.39. The van der Waals surface area contributed by atoms with Crippen LogP contribution < -0.4 is 10.6 Å². The minimum absolute atomic E-state index is 0.238. The monoisotopic (exact) mass is 387 g/mol. The maximum Gasteiger partial charge on any atom is 0.319 e. The van der Waals surface area contributed by atoms with Crippen molar-refractivity contribution in [2.75, 3.05) is 31.2 Å². The van der Waals surface area contributed by atoms with Gasteiger partial charge < -0.3 is 10.6 Å². The van der Waals surface area contributed by atoms with E-state index in [2.05, 4.69) is 46.1 Å². The number of nitrogens with one attached hydrogen (secondary N) is 2. The SMILES string of the molecule is CSc1ccccc1CN1CCC(CNC(=O)Nc2ccc(F)cc2)CC1. The second kappa shape index (κ2) is 9.76. The van der Waals surface area contributed by atoms with Crippen molar-refractivity contribution in [3.63, 3.8) is 0 Å². The Morgan fingerprint density at radius 1 is 1.15 bits per heavy atom. The van der Waals surface area contributed by atoms with E-state index in [1.165, 1.54) is 22.6 Å². The standard InChI is InChI=1S/C21H26FN3OS/c1-27-20-5-3-2-4-17(20)15-25-12-10-16(11-13-25)14-23-21(26)24-19-8-6-18(22)7-9-19/h2-9,16H,10-15H2,1H3,(H2,23,24,26). The quantitative estimate of drug-likeness (QED) is 0.713. The zero-order valence-corrected chi connectivity index (χ0v) is 16.4. The van der Waals surface area contributed by atoms with Crippen molar-refractivity contribution >= 4 is 23.5 Å². The van der Waals surface area contributed by atoms with E-state index in [-0.39, 0.29) is 11.8 Å². The van der Waals surface area contributed by atoms with E-state index in [0.29, 0.717) is 18.2 Å². The highest BCUT2D eigenvalue weighted by Gasteiger charge is 2.20. The van der Waals surface area contributed by atoms with Gasteiger partial charge in [-0.2, -0.15) is 0 Å². The van der Waals surface area contributed by atoms with Crippen LogP contribution in [0.2, 0.25) is 0 Å². The lowest BCUT2D eigenvalue weighted by Gasteiger charge is -2.32. The molecule has 3 rings (SSSR count). The van der Waals surface area contributed by atoms with E-state index in [4.69, 9.17) is 0 Å². The van der Waals surface area contributed by atoms with Crippen molar-refractivity contribution in [1.29, 1.82) is 0 Å². The van der Waals surface area contributed by atoms with Crippen molar-refractivity contribution in [2.24, 2.45) is 5.92 Å². The number of carbonyl (C=O) groups excluding carboxylic acids is 1. The molecule has 1 heterocycles. The average molecular weight is 388 g/mol. The first-order valence-electron chi connectivity index (χ1n) is 9.28. The Labute approximate surface area is 164 Å². The van der Waals surface area contributed by atoms with Crippen LogP contribution in [-0.4, -0.2) is 36.8 Å². The molecule has 0 saturated carbocycles. The van der Waals surface area contributed by atoms with Crippen LogP contribution in [0.5, 0.6) is 0 Å².